The van der Waals surface area contributed by atoms with E-state index >= 15 is 0 Å². The predicted molar refractivity (Wildman–Crippen MR) is 139 cm³/mol. The topological polar surface area (TPSA) is 144 Å². The predicted octanol–water partition coefficient (Wildman–Crippen LogP) is 1.17. The third-order valence-electron chi connectivity index (χ3n) is 6.63. The number of amides is 3. The number of nitrogens with one attached hydrogen (secondary N) is 3. The Kier molecular flexibility index (Phi) is 9.09. The van der Waals surface area contributed by atoms with Crippen LogP contribution >= 0.6 is 0 Å². The molecule has 1 aromatic heterocycles. The van der Waals surface area contributed by atoms with E-state index in [4.69, 9.17) is 4.74 Å². The van der Waals surface area contributed by atoms with Crippen LogP contribution in [0, 0.1) is 11.8 Å². The van der Waals surface area contributed by atoms with Crippen LogP contribution in [-0.4, -0.2) is 82.5 Å². The van der Waals surface area contributed by atoms with Crippen LogP contribution in [0.4, 0.5) is 0 Å². The molecule has 10 heteroatoms. The number of carbonyl (C=O) groups is 4. The molecule has 0 spiro atoms. The molecule has 2 heterocycles. The first-order chi connectivity index (χ1) is 17.4. The third-order valence-corrected chi connectivity index (χ3v) is 6.63. The zero-order valence-electron chi connectivity index (χ0n) is 22.3. The molecule has 1 fully saturated rings. The van der Waals surface area contributed by atoms with Crippen molar-refractivity contribution in [2.24, 2.45) is 11.8 Å². The van der Waals surface area contributed by atoms with Gasteiger partial charge in [0.15, 0.2) is 5.78 Å². The maximum Gasteiger partial charge on any atom is 0.245 e. The van der Waals surface area contributed by atoms with Gasteiger partial charge in [0.1, 0.15) is 18.2 Å². The summed E-state index contributed by atoms with van der Waals surface area (Å²) in [5.41, 5.74) is 1.76. The Morgan fingerprint density at radius 3 is 2.30 bits per heavy atom. The van der Waals surface area contributed by atoms with Crippen LogP contribution in [0.15, 0.2) is 30.5 Å². The van der Waals surface area contributed by atoms with Crippen molar-refractivity contribution in [1.29, 1.82) is 0 Å². The summed E-state index contributed by atoms with van der Waals surface area (Å²) < 4.78 is 5.17. The first-order valence-corrected chi connectivity index (χ1v) is 12.7. The number of likely N-dealkylation sites (N-methyl/N-ethyl adjacent to an activating group) is 1. The minimum atomic E-state index is -1.32. The molecule has 202 valence electrons. The van der Waals surface area contributed by atoms with E-state index in [1.807, 2.05) is 24.3 Å². The van der Waals surface area contributed by atoms with Gasteiger partial charge in [0.25, 0.3) is 0 Å². The maximum absolute atomic E-state index is 13.3. The number of H-pyrrole nitrogens is 1. The van der Waals surface area contributed by atoms with Crippen LogP contribution in [0.5, 0.6) is 0 Å². The lowest BCUT2D eigenvalue weighted by molar-refractivity contribution is -0.144. The molecule has 4 N–H and O–H groups in total. The van der Waals surface area contributed by atoms with Crippen molar-refractivity contribution in [3.63, 3.8) is 0 Å². The van der Waals surface area contributed by atoms with Gasteiger partial charge in [-0.05, 0) is 24.5 Å². The number of aliphatic hydroxyl groups is 1. The molecule has 1 saturated heterocycles. The average molecular weight is 515 g/mol. The number of aromatic amines is 1. The number of rotatable bonds is 12. The number of hydrogen-bond acceptors (Lipinski definition) is 6. The zero-order chi connectivity index (χ0) is 27.4. The van der Waals surface area contributed by atoms with Crippen molar-refractivity contribution in [1.82, 2.24) is 20.5 Å². The number of para-hydroxylation sites is 1. The number of nitrogens with zero attached hydrogens (tertiary/aromatic N) is 1. The number of benzene rings is 1. The summed E-state index contributed by atoms with van der Waals surface area (Å²) >= 11 is 0. The van der Waals surface area contributed by atoms with E-state index in [2.05, 4.69) is 15.6 Å². The lowest BCUT2D eigenvalue weighted by atomic mass is 9.98. The number of ketones is 1. The molecule has 3 rings (SSSR count). The summed E-state index contributed by atoms with van der Waals surface area (Å²) in [7, 11) is 1.55. The number of fused-ring (bicyclic) bond motifs is 1. The van der Waals surface area contributed by atoms with Gasteiger partial charge in [0.05, 0.1) is 18.8 Å². The number of ether oxygens (including phenoxy) is 1. The molecule has 1 aromatic carbocycles. The highest BCUT2D eigenvalue weighted by molar-refractivity contribution is 5.97. The average Bonchev–Trinajstić information content (AvgIpc) is 3.61. The quantitative estimate of drug-likeness (QED) is 0.313. The standard InChI is InChI=1S/C27H38N4O6/c1-14(2)23(31(6)27(36)15(3)4)26(35)30-22(16(5)32)25(34)29-20(24(33)21-13-37-21)11-17-12-28-19-10-8-7-9-18(17)19/h7-10,12,14-16,20-23,28,32H,11,13H2,1-6H3,(H,29,34)(H,30,35)/t16-,20-,21?,22-,23-/m0/s1. The van der Waals surface area contributed by atoms with Crippen molar-refractivity contribution in [2.75, 3.05) is 13.7 Å². The number of aromatic nitrogens is 1. The highest BCUT2D eigenvalue weighted by Crippen LogP contribution is 2.22. The van der Waals surface area contributed by atoms with Gasteiger partial charge in [0.2, 0.25) is 17.7 Å². The number of Topliss-reactive ketones (excluding diaryl/α,β-unsaturated/α-hetero) is 1. The molecule has 0 aliphatic carbocycles. The molecule has 0 radical (unpaired) electrons. The van der Waals surface area contributed by atoms with E-state index in [0.717, 1.165) is 16.5 Å². The van der Waals surface area contributed by atoms with Crippen LogP contribution in [0.25, 0.3) is 10.9 Å². The van der Waals surface area contributed by atoms with Crippen molar-refractivity contribution in [3.05, 3.63) is 36.0 Å². The number of carbonyl (C=O) groups excluding carboxylic acids is 4. The SMILES string of the molecule is CC(C)C(=O)N(C)[C@H](C(=O)N[C@H](C(=O)N[C@@H](Cc1c[nH]c2ccccc12)C(=O)C1CO1)[C@H](C)O)C(C)C. The summed E-state index contributed by atoms with van der Waals surface area (Å²) in [6.07, 6.45) is 0.183. The monoisotopic (exact) mass is 514 g/mol. The van der Waals surface area contributed by atoms with Crippen LogP contribution in [0.3, 0.4) is 0 Å². The highest BCUT2D eigenvalue weighted by Gasteiger charge is 2.40. The molecule has 3 amide bonds. The van der Waals surface area contributed by atoms with E-state index in [9.17, 15) is 24.3 Å². The molecule has 2 aromatic rings. The van der Waals surface area contributed by atoms with E-state index in [0.29, 0.717) is 6.61 Å². The van der Waals surface area contributed by atoms with E-state index in [-0.39, 0.29) is 29.9 Å². The second-order valence-electron chi connectivity index (χ2n) is 10.4. The van der Waals surface area contributed by atoms with Crippen molar-refractivity contribution < 1.29 is 29.0 Å². The Hall–Kier alpha value is -3.24. The smallest absolute Gasteiger partial charge is 0.245 e. The first kappa shape index (κ1) is 28.3. The summed E-state index contributed by atoms with van der Waals surface area (Å²) in [6.45, 7) is 8.78. The van der Waals surface area contributed by atoms with Crippen LogP contribution < -0.4 is 10.6 Å². The van der Waals surface area contributed by atoms with E-state index in [1.165, 1.54) is 11.8 Å². The molecule has 37 heavy (non-hydrogen) atoms. The summed E-state index contributed by atoms with van der Waals surface area (Å²) in [6, 6.07) is 4.56. The molecule has 1 aliphatic heterocycles. The van der Waals surface area contributed by atoms with Gasteiger partial charge in [-0.2, -0.15) is 0 Å². The number of hydrogen-bond donors (Lipinski definition) is 4. The Labute approximate surface area is 217 Å². The van der Waals surface area contributed by atoms with E-state index in [1.54, 1.807) is 40.9 Å². The zero-order valence-corrected chi connectivity index (χ0v) is 22.3. The fourth-order valence-electron chi connectivity index (χ4n) is 4.56. The molecule has 5 atom stereocenters. The lowest BCUT2D eigenvalue weighted by Gasteiger charge is -2.33. The fraction of sp³-hybridized carbons (Fsp3) is 0.556. The molecule has 1 unspecified atom stereocenters. The van der Waals surface area contributed by atoms with Gasteiger partial charge in [-0.1, -0.05) is 45.9 Å². The second-order valence-corrected chi connectivity index (χ2v) is 10.4. The highest BCUT2D eigenvalue weighted by atomic mass is 16.6. The largest absolute Gasteiger partial charge is 0.391 e. The first-order valence-electron chi connectivity index (χ1n) is 12.7. The molecular formula is C27H38N4O6. The Bertz CT molecular complexity index is 1140. The number of aliphatic hydroxyl groups excluding tert-OH is 1. The second kappa shape index (κ2) is 11.9. The minimum Gasteiger partial charge on any atom is -0.391 e. The Balaban J connectivity index is 1.78. The summed E-state index contributed by atoms with van der Waals surface area (Å²) in [4.78, 5) is 56.6. The van der Waals surface area contributed by atoms with Gasteiger partial charge < -0.3 is 30.4 Å². The fourth-order valence-corrected chi connectivity index (χ4v) is 4.56. The lowest BCUT2D eigenvalue weighted by Crippen LogP contribution is -2.60. The van der Waals surface area contributed by atoms with Gasteiger partial charge in [-0.15, -0.1) is 0 Å². The van der Waals surface area contributed by atoms with Crippen molar-refractivity contribution in [2.45, 2.75) is 71.4 Å². The van der Waals surface area contributed by atoms with Gasteiger partial charge in [0, 0.05) is 36.5 Å². The minimum absolute atomic E-state index is 0.208. The molecule has 0 bridgehead atoms. The van der Waals surface area contributed by atoms with Gasteiger partial charge >= 0.3 is 0 Å². The maximum atomic E-state index is 13.3. The summed E-state index contributed by atoms with van der Waals surface area (Å²) in [5.74, 6) is -2.28. The normalized spacial score (nSPS) is 18.2. The Morgan fingerprint density at radius 1 is 1.08 bits per heavy atom. The van der Waals surface area contributed by atoms with Gasteiger partial charge in [-0.3, -0.25) is 19.2 Å². The van der Waals surface area contributed by atoms with Crippen molar-refractivity contribution >= 4 is 34.4 Å². The number of epoxide rings is 1. The van der Waals surface area contributed by atoms with Crippen LogP contribution in [-0.2, 0) is 30.3 Å². The van der Waals surface area contributed by atoms with Crippen molar-refractivity contribution in [3.8, 4) is 0 Å². The van der Waals surface area contributed by atoms with E-state index < -0.39 is 42.1 Å². The Morgan fingerprint density at radius 2 is 1.73 bits per heavy atom. The van der Waals surface area contributed by atoms with Crippen LogP contribution in [0.1, 0.15) is 40.2 Å². The van der Waals surface area contributed by atoms with Gasteiger partial charge in [-0.25, -0.2) is 0 Å². The molecule has 1 aliphatic rings. The molecule has 10 nitrogen and oxygen atoms in total. The molecular weight excluding hydrogens is 476 g/mol. The third kappa shape index (κ3) is 6.75. The molecule has 0 saturated carbocycles. The van der Waals surface area contributed by atoms with Crippen LogP contribution in [0.2, 0.25) is 0 Å². The summed E-state index contributed by atoms with van der Waals surface area (Å²) in [5, 5.41) is 16.7.